The van der Waals surface area contributed by atoms with E-state index in [0.717, 1.165) is 50.2 Å². The number of hydrogen-bond donors (Lipinski definition) is 1. The molecular weight excluding hydrogens is 266 g/mol. The van der Waals surface area contributed by atoms with Crippen molar-refractivity contribution in [3.05, 3.63) is 24.3 Å². The maximum absolute atomic E-state index is 10.6. The molecule has 0 fully saturated rings. The number of rotatable bonds is 7. The molecule has 1 N–H and O–H groups in total. The van der Waals surface area contributed by atoms with Crippen molar-refractivity contribution in [3.63, 3.8) is 0 Å². The molecule has 2 rings (SSSR count). The number of aliphatic carboxylic acids is 1. The maximum atomic E-state index is 10.6. The van der Waals surface area contributed by atoms with Crippen LogP contribution in [0.15, 0.2) is 24.3 Å². The number of carbonyl (C=O) groups is 1. The number of carboxylic acids is 1. The van der Waals surface area contributed by atoms with Gasteiger partial charge in [0.15, 0.2) is 0 Å². The van der Waals surface area contributed by atoms with Crippen LogP contribution in [0.2, 0.25) is 0 Å². The van der Waals surface area contributed by atoms with Gasteiger partial charge in [0.1, 0.15) is 11.4 Å². The van der Waals surface area contributed by atoms with E-state index in [1.54, 1.807) is 0 Å². The first-order chi connectivity index (χ1) is 10.1. The molecule has 1 heterocycles. The van der Waals surface area contributed by atoms with Gasteiger partial charge in [-0.15, -0.1) is 0 Å². The van der Waals surface area contributed by atoms with E-state index in [9.17, 15) is 4.79 Å². The normalized spacial score (nSPS) is 16.2. The van der Waals surface area contributed by atoms with Crippen LogP contribution in [-0.4, -0.2) is 29.8 Å². The van der Waals surface area contributed by atoms with E-state index in [4.69, 9.17) is 9.84 Å². The molecule has 0 aliphatic carbocycles. The fourth-order valence-electron chi connectivity index (χ4n) is 2.90. The highest BCUT2D eigenvalue weighted by atomic mass is 16.5. The van der Waals surface area contributed by atoms with Gasteiger partial charge >= 0.3 is 5.97 Å². The molecule has 0 atom stereocenters. The standard InChI is InChI=1S/C17H25NO3/c1-3-17(4-2)13-18(12-8-7-11-16(19)20)14-9-5-6-10-15(14)21-17/h5-6,9-10H,3-4,7-8,11-13H2,1-2H3,(H,19,20). The van der Waals surface area contributed by atoms with Crippen molar-refractivity contribution in [2.75, 3.05) is 18.0 Å². The van der Waals surface area contributed by atoms with E-state index < -0.39 is 5.97 Å². The van der Waals surface area contributed by atoms with Gasteiger partial charge in [-0.3, -0.25) is 4.79 Å². The second-order valence-corrected chi connectivity index (χ2v) is 5.73. The van der Waals surface area contributed by atoms with Crippen molar-refractivity contribution in [1.29, 1.82) is 0 Å². The van der Waals surface area contributed by atoms with Gasteiger partial charge in [0.2, 0.25) is 0 Å². The van der Waals surface area contributed by atoms with Crippen molar-refractivity contribution in [2.45, 2.75) is 51.6 Å². The Kier molecular flexibility index (Phi) is 5.10. The van der Waals surface area contributed by atoms with Crippen LogP contribution in [0.5, 0.6) is 5.75 Å². The molecule has 4 nitrogen and oxygen atoms in total. The Bertz CT molecular complexity index is 483. The minimum Gasteiger partial charge on any atom is -0.483 e. The first-order valence-corrected chi connectivity index (χ1v) is 7.85. The number of carboxylic acid groups (broad SMARTS) is 1. The maximum Gasteiger partial charge on any atom is 0.303 e. The molecule has 0 amide bonds. The highest BCUT2D eigenvalue weighted by Crippen LogP contribution is 2.39. The zero-order valence-electron chi connectivity index (χ0n) is 13.0. The number of nitrogens with zero attached hydrogens (tertiary/aromatic N) is 1. The average molecular weight is 291 g/mol. The molecule has 1 aliphatic rings. The fraction of sp³-hybridized carbons (Fsp3) is 0.588. The first kappa shape index (κ1) is 15.7. The molecule has 1 aromatic rings. The minimum absolute atomic E-state index is 0.124. The van der Waals surface area contributed by atoms with Gasteiger partial charge in [-0.1, -0.05) is 26.0 Å². The molecule has 0 saturated carbocycles. The summed E-state index contributed by atoms with van der Waals surface area (Å²) >= 11 is 0. The number of anilines is 1. The first-order valence-electron chi connectivity index (χ1n) is 7.85. The third-order valence-electron chi connectivity index (χ3n) is 4.37. The number of ether oxygens (including phenoxy) is 1. The van der Waals surface area contributed by atoms with Crippen LogP contribution >= 0.6 is 0 Å². The summed E-state index contributed by atoms with van der Waals surface area (Å²) in [7, 11) is 0. The molecule has 0 radical (unpaired) electrons. The Morgan fingerprint density at radius 1 is 1.29 bits per heavy atom. The molecule has 0 saturated heterocycles. The predicted molar refractivity (Wildman–Crippen MR) is 84.1 cm³/mol. The quantitative estimate of drug-likeness (QED) is 0.778. The predicted octanol–water partition coefficient (Wildman–Crippen LogP) is 3.70. The number of unbranched alkanes of at least 4 members (excludes halogenated alkanes) is 1. The number of benzene rings is 1. The average Bonchev–Trinajstić information content (AvgIpc) is 2.50. The lowest BCUT2D eigenvalue weighted by Crippen LogP contribution is -2.50. The van der Waals surface area contributed by atoms with E-state index in [1.165, 1.54) is 0 Å². The van der Waals surface area contributed by atoms with Crippen molar-refractivity contribution < 1.29 is 14.6 Å². The molecule has 21 heavy (non-hydrogen) atoms. The number of para-hydroxylation sites is 2. The molecule has 116 valence electrons. The smallest absolute Gasteiger partial charge is 0.303 e. The number of hydrogen-bond acceptors (Lipinski definition) is 3. The minimum atomic E-state index is -0.714. The van der Waals surface area contributed by atoms with Crippen LogP contribution in [0, 0.1) is 0 Å². The SMILES string of the molecule is CCC1(CC)CN(CCCCC(=O)O)c2ccccc2O1. The summed E-state index contributed by atoms with van der Waals surface area (Å²) in [6.07, 6.45) is 3.82. The zero-order chi connectivity index (χ0) is 15.3. The molecule has 0 unspecified atom stereocenters. The Morgan fingerprint density at radius 2 is 2.00 bits per heavy atom. The fourth-order valence-corrected chi connectivity index (χ4v) is 2.90. The van der Waals surface area contributed by atoms with Crippen LogP contribution in [-0.2, 0) is 4.79 Å². The molecule has 1 aliphatic heterocycles. The summed E-state index contributed by atoms with van der Waals surface area (Å²) in [6.45, 7) is 6.10. The largest absolute Gasteiger partial charge is 0.483 e. The molecule has 0 aromatic heterocycles. The van der Waals surface area contributed by atoms with Crippen LogP contribution in [0.25, 0.3) is 0 Å². The van der Waals surface area contributed by atoms with E-state index in [-0.39, 0.29) is 12.0 Å². The third kappa shape index (κ3) is 3.69. The van der Waals surface area contributed by atoms with Crippen LogP contribution in [0.3, 0.4) is 0 Å². The Labute approximate surface area is 126 Å². The van der Waals surface area contributed by atoms with Gasteiger partial charge in [0, 0.05) is 13.0 Å². The third-order valence-corrected chi connectivity index (χ3v) is 4.37. The molecular formula is C17H25NO3. The van der Waals surface area contributed by atoms with Crippen molar-refractivity contribution in [1.82, 2.24) is 0 Å². The van der Waals surface area contributed by atoms with Crippen molar-refractivity contribution in [3.8, 4) is 5.75 Å². The topological polar surface area (TPSA) is 49.8 Å². The van der Waals surface area contributed by atoms with Gasteiger partial charge < -0.3 is 14.7 Å². The second-order valence-electron chi connectivity index (χ2n) is 5.73. The lowest BCUT2D eigenvalue weighted by atomic mass is 9.93. The molecule has 0 spiro atoms. The van der Waals surface area contributed by atoms with Crippen LogP contribution in [0.1, 0.15) is 46.0 Å². The van der Waals surface area contributed by atoms with E-state index >= 15 is 0 Å². The Hall–Kier alpha value is -1.71. The Balaban J connectivity index is 2.09. The summed E-state index contributed by atoms with van der Waals surface area (Å²) in [6, 6.07) is 8.14. The molecule has 0 bridgehead atoms. The van der Waals surface area contributed by atoms with Crippen molar-refractivity contribution >= 4 is 11.7 Å². The summed E-state index contributed by atoms with van der Waals surface area (Å²) in [4.78, 5) is 13.0. The van der Waals surface area contributed by atoms with Gasteiger partial charge in [-0.2, -0.15) is 0 Å². The highest BCUT2D eigenvalue weighted by Gasteiger charge is 2.36. The summed E-state index contributed by atoms with van der Waals surface area (Å²) in [5.74, 6) is 0.236. The van der Waals surface area contributed by atoms with E-state index in [1.807, 2.05) is 18.2 Å². The second kappa shape index (κ2) is 6.83. The van der Waals surface area contributed by atoms with Crippen molar-refractivity contribution in [2.24, 2.45) is 0 Å². The number of fused-ring (bicyclic) bond motifs is 1. The lowest BCUT2D eigenvalue weighted by Gasteiger charge is -2.44. The summed E-state index contributed by atoms with van der Waals surface area (Å²) in [5, 5.41) is 8.73. The van der Waals surface area contributed by atoms with Crippen LogP contribution in [0.4, 0.5) is 5.69 Å². The van der Waals surface area contributed by atoms with Gasteiger partial charge in [0.05, 0.1) is 12.2 Å². The van der Waals surface area contributed by atoms with Gasteiger partial charge in [0.25, 0.3) is 0 Å². The molecule has 1 aromatic carbocycles. The summed E-state index contributed by atoms with van der Waals surface area (Å²) in [5.41, 5.74) is 1.01. The van der Waals surface area contributed by atoms with Gasteiger partial charge in [-0.05, 0) is 37.8 Å². The van der Waals surface area contributed by atoms with Gasteiger partial charge in [-0.25, -0.2) is 0 Å². The Morgan fingerprint density at radius 3 is 2.67 bits per heavy atom. The molecule has 4 heteroatoms. The monoisotopic (exact) mass is 291 g/mol. The van der Waals surface area contributed by atoms with E-state index in [2.05, 4.69) is 24.8 Å². The zero-order valence-corrected chi connectivity index (χ0v) is 13.0. The lowest BCUT2D eigenvalue weighted by molar-refractivity contribution is -0.137. The highest BCUT2D eigenvalue weighted by molar-refractivity contribution is 5.66. The van der Waals surface area contributed by atoms with Crippen LogP contribution < -0.4 is 9.64 Å². The summed E-state index contributed by atoms with van der Waals surface area (Å²) < 4.78 is 6.26. The van der Waals surface area contributed by atoms with E-state index in [0.29, 0.717) is 0 Å².